The number of carbonyl (C=O) groups is 2. The van der Waals surface area contributed by atoms with Crippen molar-refractivity contribution in [2.75, 3.05) is 32.8 Å². The van der Waals surface area contributed by atoms with Crippen LogP contribution in [0.25, 0.3) is 0 Å². The molecule has 3 aliphatic rings. The van der Waals surface area contributed by atoms with Crippen LogP contribution in [0.5, 0.6) is 0 Å². The third kappa shape index (κ3) is 3.54. The highest BCUT2D eigenvalue weighted by Gasteiger charge is 2.43. The Labute approximate surface area is 180 Å². The second-order valence-corrected chi connectivity index (χ2v) is 9.41. The van der Waals surface area contributed by atoms with E-state index >= 15 is 0 Å². The van der Waals surface area contributed by atoms with Gasteiger partial charge in [0.25, 0.3) is 5.91 Å². The number of aromatic nitrogens is 1. The number of thiophene rings is 1. The first-order valence-corrected chi connectivity index (χ1v) is 11.7. The van der Waals surface area contributed by atoms with Gasteiger partial charge in [-0.05, 0) is 61.2 Å². The number of nitrogens with zero attached hydrogens (tertiary/aromatic N) is 3. The van der Waals surface area contributed by atoms with Crippen molar-refractivity contribution in [1.29, 1.82) is 0 Å². The monoisotopic (exact) mass is 425 g/mol. The molecule has 5 heterocycles. The molecular weight excluding hydrogens is 398 g/mol. The normalized spacial score (nSPS) is 21.5. The average molecular weight is 426 g/mol. The highest BCUT2D eigenvalue weighted by molar-refractivity contribution is 7.10. The Bertz CT molecular complexity index is 913. The molecule has 0 unspecified atom stereocenters. The number of piperidine rings is 2. The summed E-state index contributed by atoms with van der Waals surface area (Å²) < 4.78 is 6.27. The van der Waals surface area contributed by atoms with E-state index < -0.39 is 0 Å². The molecule has 30 heavy (non-hydrogen) atoms. The van der Waals surface area contributed by atoms with E-state index in [4.69, 9.17) is 4.74 Å². The maximum absolute atomic E-state index is 13.1. The standard InChI is InChI=1S/C23H27N3O3S/c27-21(18-1-9-24-10-2-18)25-11-3-19(4-12-25)22(28)26-13-7-23(8-14-26)20-17(5-15-29-23)6-16-30-20/h1-2,6,9-10,16,19H,3-5,7-8,11-15H2. The highest BCUT2D eigenvalue weighted by atomic mass is 32.1. The molecule has 0 aromatic carbocycles. The first-order chi connectivity index (χ1) is 14.7. The summed E-state index contributed by atoms with van der Waals surface area (Å²) in [6.07, 6.45) is 7.52. The summed E-state index contributed by atoms with van der Waals surface area (Å²) in [6, 6.07) is 5.72. The Kier molecular flexibility index (Phi) is 5.33. The lowest BCUT2D eigenvalue weighted by Crippen LogP contribution is -2.50. The average Bonchev–Trinajstić information content (AvgIpc) is 3.30. The fourth-order valence-electron chi connectivity index (χ4n) is 5.08. The van der Waals surface area contributed by atoms with Gasteiger partial charge in [0.15, 0.2) is 0 Å². The Balaban J connectivity index is 1.16. The van der Waals surface area contributed by atoms with E-state index in [0.717, 1.165) is 51.8 Å². The van der Waals surface area contributed by atoms with E-state index in [2.05, 4.69) is 16.4 Å². The van der Waals surface area contributed by atoms with Gasteiger partial charge in [-0.1, -0.05) is 0 Å². The van der Waals surface area contributed by atoms with Crippen molar-refractivity contribution in [2.45, 2.75) is 37.7 Å². The van der Waals surface area contributed by atoms with Gasteiger partial charge in [0.2, 0.25) is 5.91 Å². The van der Waals surface area contributed by atoms with Crippen molar-refractivity contribution in [3.63, 3.8) is 0 Å². The van der Waals surface area contributed by atoms with Gasteiger partial charge < -0.3 is 14.5 Å². The van der Waals surface area contributed by atoms with Crippen molar-refractivity contribution >= 4 is 23.2 Å². The van der Waals surface area contributed by atoms with Crippen LogP contribution < -0.4 is 0 Å². The predicted octanol–water partition coefficient (Wildman–Crippen LogP) is 3.09. The van der Waals surface area contributed by atoms with E-state index in [-0.39, 0.29) is 23.3 Å². The fraction of sp³-hybridized carbons (Fsp3) is 0.522. The third-order valence-corrected chi connectivity index (χ3v) is 7.99. The molecule has 0 atom stereocenters. The fourth-order valence-corrected chi connectivity index (χ4v) is 6.25. The maximum atomic E-state index is 13.1. The maximum Gasteiger partial charge on any atom is 0.253 e. The Morgan fingerprint density at radius 3 is 2.50 bits per heavy atom. The van der Waals surface area contributed by atoms with Crippen molar-refractivity contribution < 1.29 is 14.3 Å². The Morgan fingerprint density at radius 1 is 1.03 bits per heavy atom. The van der Waals surface area contributed by atoms with Gasteiger partial charge in [0.05, 0.1) is 6.61 Å². The van der Waals surface area contributed by atoms with Gasteiger partial charge >= 0.3 is 0 Å². The molecule has 2 fully saturated rings. The van der Waals surface area contributed by atoms with Crippen LogP contribution in [0.1, 0.15) is 46.5 Å². The molecule has 5 rings (SSSR count). The molecule has 2 aromatic heterocycles. The summed E-state index contributed by atoms with van der Waals surface area (Å²) in [7, 11) is 0. The van der Waals surface area contributed by atoms with Crippen LogP contribution in [0.4, 0.5) is 0 Å². The topological polar surface area (TPSA) is 62.7 Å². The minimum Gasteiger partial charge on any atom is -0.369 e. The molecule has 2 aromatic rings. The summed E-state index contributed by atoms with van der Waals surface area (Å²) in [4.78, 5) is 35.0. The number of hydrogen-bond donors (Lipinski definition) is 0. The number of pyridine rings is 1. The van der Waals surface area contributed by atoms with Crippen LogP contribution in [0.3, 0.4) is 0 Å². The van der Waals surface area contributed by atoms with Crippen molar-refractivity contribution in [3.05, 3.63) is 52.0 Å². The summed E-state index contributed by atoms with van der Waals surface area (Å²) in [6.45, 7) is 3.56. The number of likely N-dealkylation sites (tertiary alicyclic amines) is 2. The molecule has 6 nitrogen and oxygen atoms in total. The molecule has 1 spiro atoms. The van der Waals surface area contributed by atoms with E-state index in [1.807, 2.05) is 9.80 Å². The molecule has 0 radical (unpaired) electrons. The van der Waals surface area contributed by atoms with Gasteiger partial charge in [-0.2, -0.15) is 0 Å². The molecule has 7 heteroatoms. The van der Waals surface area contributed by atoms with E-state index in [9.17, 15) is 9.59 Å². The summed E-state index contributed by atoms with van der Waals surface area (Å²) >= 11 is 1.80. The van der Waals surface area contributed by atoms with Gasteiger partial charge in [0, 0.05) is 54.9 Å². The number of rotatable bonds is 2. The lowest BCUT2D eigenvalue weighted by molar-refractivity contribution is -0.145. The van der Waals surface area contributed by atoms with Crippen LogP contribution in [0, 0.1) is 5.92 Å². The first kappa shape index (κ1) is 19.7. The Hall–Kier alpha value is -2.25. The van der Waals surface area contributed by atoms with Crippen molar-refractivity contribution in [3.8, 4) is 0 Å². The molecule has 3 aliphatic heterocycles. The van der Waals surface area contributed by atoms with Gasteiger partial charge in [0.1, 0.15) is 5.60 Å². The molecule has 0 saturated carbocycles. The largest absolute Gasteiger partial charge is 0.369 e. The first-order valence-electron chi connectivity index (χ1n) is 10.9. The molecule has 0 bridgehead atoms. The van der Waals surface area contributed by atoms with Gasteiger partial charge in [-0.25, -0.2) is 0 Å². The molecule has 0 aliphatic carbocycles. The number of carbonyl (C=O) groups excluding carboxylic acids is 2. The summed E-state index contributed by atoms with van der Waals surface area (Å²) in [5.74, 6) is 0.303. The number of fused-ring (bicyclic) bond motifs is 2. The highest BCUT2D eigenvalue weighted by Crippen LogP contribution is 2.44. The van der Waals surface area contributed by atoms with Crippen LogP contribution in [0.15, 0.2) is 36.0 Å². The van der Waals surface area contributed by atoms with Crippen molar-refractivity contribution in [2.24, 2.45) is 5.92 Å². The van der Waals surface area contributed by atoms with Crippen LogP contribution in [0.2, 0.25) is 0 Å². The third-order valence-electron chi connectivity index (χ3n) is 6.85. The molecular formula is C23H27N3O3S. The smallest absolute Gasteiger partial charge is 0.253 e. The number of hydrogen-bond acceptors (Lipinski definition) is 5. The Morgan fingerprint density at radius 2 is 1.77 bits per heavy atom. The number of amides is 2. The molecule has 2 amide bonds. The lowest BCUT2D eigenvalue weighted by Gasteiger charge is -2.44. The molecule has 0 N–H and O–H groups in total. The quantitative estimate of drug-likeness (QED) is 0.742. The van der Waals surface area contributed by atoms with Crippen LogP contribution in [-0.2, 0) is 21.6 Å². The van der Waals surface area contributed by atoms with Crippen LogP contribution >= 0.6 is 11.3 Å². The molecule has 158 valence electrons. The summed E-state index contributed by atoms with van der Waals surface area (Å²) in [5.41, 5.74) is 1.91. The number of ether oxygens (including phenoxy) is 1. The van der Waals surface area contributed by atoms with Gasteiger partial charge in [-0.3, -0.25) is 14.6 Å². The minimum absolute atomic E-state index is 0.0186. The van der Waals surface area contributed by atoms with Gasteiger partial charge in [-0.15, -0.1) is 11.3 Å². The van der Waals surface area contributed by atoms with Crippen LogP contribution in [-0.4, -0.2) is 59.4 Å². The zero-order valence-electron chi connectivity index (χ0n) is 17.1. The molecule has 2 saturated heterocycles. The minimum atomic E-state index is -0.182. The second-order valence-electron chi connectivity index (χ2n) is 8.50. The SMILES string of the molecule is O=C(c1ccncc1)N1CCC(C(=O)N2CCC3(CC2)OCCc2ccsc23)CC1. The predicted molar refractivity (Wildman–Crippen MR) is 114 cm³/mol. The zero-order valence-corrected chi connectivity index (χ0v) is 17.9. The second kappa shape index (κ2) is 8.12. The van der Waals surface area contributed by atoms with E-state index in [0.29, 0.717) is 18.7 Å². The lowest BCUT2D eigenvalue weighted by atomic mass is 9.84. The van der Waals surface area contributed by atoms with E-state index in [1.165, 1.54) is 10.4 Å². The summed E-state index contributed by atoms with van der Waals surface area (Å²) in [5, 5.41) is 2.17. The van der Waals surface area contributed by atoms with E-state index in [1.54, 1.807) is 35.9 Å². The van der Waals surface area contributed by atoms with Crippen molar-refractivity contribution in [1.82, 2.24) is 14.8 Å². The zero-order chi connectivity index (χ0) is 20.6.